The van der Waals surface area contributed by atoms with Gasteiger partial charge in [-0.15, -0.1) is 0 Å². The van der Waals surface area contributed by atoms with Crippen LogP contribution in [0.25, 0.3) is 0 Å². The first kappa shape index (κ1) is 18.0. The maximum absolute atomic E-state index is 12.4. The Labute approximate surface area is 160 Å². The molecule has 0 radical (unpaired) electrons. The van der Waals surface area contributed by atoms with Gasteiger partial charge in [0.1, 0.15) is 0 Å². The van der Waals surface area contributed by atoms with Crippen molar-refractivity contribution in [3.05, 3.63) is 82.8 Å². The largest absolute Gasteiger partial charge is 0.280 e. The van der Waals surface area contributed by atoms with E-state index < -0.39 is 10.0 Å². The lowest BCUT2D eigenvalue weighted by Gasteiger charge is -2.09. The average Bonchev–Trinajstić information content (AvgIpc) is 2.59. The summed E-state index contributed by atoms with van der Waals surface area (Å²) >= 11 is 4.94. The van der Waals surface area contributed by atoms with Crippen molar-refractivity contribution < 1.29 is 8.42 Å². The second-order valence-corrected chi connectivity index (χ2v) is 9.24. The highest BCUT2D eigenvalue weighted by atomic mass is 79.9. The highest BCUT2D eigenvalue weighted by Crippen LogP contribution is 2.29. The molecule has 0 aliphatic carbocycles. The lowest BCUT2D eigenvalue weighted by atomic mass is 10.2. The Morgan fingerprint density at radius 1 is 0.800 bits per heavy atom. The fourth-order valence-corrected chi connectivity index (χ4v) is 4.30. The van der Waals surface area contributed by atoms with E-state index in [4.69, 9.17) is 0 Å². The molecule has 0 amide bonds. The van der Waals surface area contributed by atoms with Crippen molar-refractivity contribution in [3.8, 4) is 0 Å². The van der Waals surface area contributed by atoms with Gasteiger partial charge in [0.2, 0.25) is 0 Å². The summed E-state index contributed by atoms with van der Waals surface area (Å²) in [5.74, 6) is 0. The zero-order valence-electron chi connectivity index (χ0n) is 13.4. The molecule has 1 N–H and O–H groups in total. The Kier molecular flexibility index (Phi) is 5.51. The number of sulfonamides is 1. The van der Waals surface area contributed by atoms with Crippen molar-refractivity contribution in [1.82, 2.24) is 0 Å². The molecule has 3 nitrogen and oxygen atoms in total. The van der Waals surface area contributed by atoms with Crippen LogP contribution in [-0.2, 0) is 10.0 Å². The fourth-order valence-electron chi connectivity index (χ4n) is 2.16. The summed E-state index contributed by atoms with van der Waals surface area (Å²) in [5, 5.41) is 0. The summed E-state index contributed by atoms with van der Waals surface area (Å²) in [6, 6.07) is 22.2. The first-order valence-corrected chi connectivity index (χ1v) is 10.6. The third-order valence-electron chi connectivity index (χ3n) is 3.49. The van der Waals surface area contributed by atoms with Crippen LogP contribution >= 0.6 is 27.7 Å². The topological polar surface area (TPSA) is 46.2 Å². The Morgan fingerprint density at radius 3 is 1.88 bits per heavy atom. The molecule has 0 unspecified atom stereocenters. The molecule has 0 saturated carbocycles. The van der Waals surface area contributed by atoms with Crippen molar-refractivity contribution >= 4 is 43.4 Å². The van der Waals surface area contributed by atoms with Crippen LogP contribution in [0.3, 0.4) is 0 Å². The van der Waals surface area contributed by atoms with Crippen LogP contribution in [0.2, 0.25) is 0 Å². The quantitative estimate of drug-likeness (QED) is 0.560. The van der Waals surface area contributed by atoms with Crippen LogP contribution in [0, 0.1) is 6.92 Å². The molecule has 128 valence electrons. The van der Waals surface area contributed by atoms with Gasteiger partial charge in [0.15, 0.2) is 0 Å². The zero-order chi connectivity index (χ0) is 17.9. The van der Waals surface area contributed by atoms with Crippen molar-refractivity contribution in [1.29, 1.82) is 0 Å². The van der Waals surface area contributed by atoms with Gasteiger partial charge in [-0.2, -0.15) is 0 Å². The van der Waals surface area contributed by atoms with E-state index >= 15 is 0 Å². The Morgan fingerprint density at radius 2 is 1.32 bits per heavy atom. The van der Waals surface area contributed by atoms with E-state index in [1.54, 1.807) is 48.2 Å². The number of benzene rings is 3. The number of halogens is 1. The highest BCUT2D eigenvalue weighted by Gasteiger charge is 2.13. The van der Waals surface area contributed by atoms with E-state index in [0.29, 0.717) is 5.69 Å². The molecule has 3 aromatic carbocycles. The van der Waals surface area contributed by atoms with Crippen molar-refractivity contribution in [3.63, 3.8) is 0 Å². The number of hydrogen-bond acceptors (Lipinski definition) is 3. The van der Waals surface area contributed by atoms with Crippen LogP contribution in [0.5, 0.6) is 0 Å². The molecule has 0 atom stereocenters. The van der Waals surface area contributed by atoms with Crippen LogP contribution < -0.4 is 4.72 Å². The minimum Gasteiger partial charge on any atom is -0.280 e. The molecule has 0 bridgehead atoms. The molecular weight excluding hydrogens is 418 g/mol. The molecule has 0 heterocycles. The predicted molar refractivity (Wildman–Crippen MR) is 107 cm³/mol. The summed E-state index contributed by atoms with van der Waals surface area (Å²) in [4.78, 5) is 2.43. The number of hydrogen-bond donors (Lipinski definition) is 1. The average molecular weight is 434 g/mol. The first-order chi connectivity index (χ1) is 11.9. The van der Waals surface area contributed by atoms with Gasteiger partial charge < -0.3 is 0 Å². The molecule has 0 spiro atoms. The van der Waals surface area contributed by atoms with Gasteiger partial charge in [-0.1, -0.05) is 45.4 Å². The Hall–Kier alpha value is -1.76. The fraction of sp³-hybridized carbons (Fsp3) is 0.0526. The molecule has 0 aromatic heterocycles. The van der Waals surface area contributed by atoms with Crippen LogP contribution in [0.15, 0.2) is 92.0 Å². The second kappa shape index (κ2) is 7.64. The standard InChI is InChI=1S/C19H16BrNO2S2/c1-14-2-8-17(9-3-14)24-18-10-6-16(7-11-18)21-25(22,23)19-12-4-15(20)5-13-19/h2-13,21H,1H3. The van der Waals surface area contributed by atoms with Crippen molar-refractivity contribution in [2.24, 2.45) is 0 Å². The van der Waals surface area contributed by atoms with E-state index in [9.17, 15) is 8.42 Å². The Bertz CT molecular complexity index is 952. The van der Waals surface area contributed by atoms with Crippen LogP contribution in [0.4, 0.5) is 5.69 Å². The summed E-state index contributed by atoms with van der Waals surface area (Å²) in [7, 11) is -3.58. The molecule has 0 saturated heterocycles. The maximum atomic E-state index is 12.4. The summed E-state index contributed by atoms with van der Waals surface area (Å²) < 4.78 is 28.2. The third-order valence-corrected chi connectivity index (χ3v) is 6.43. The van der Waals surface area contributed by atoms with Crippen molar-refractivity contribution in [2.75, 3.05) is 4.72 Å². The van der Waals surface area contributed by atoms with Gasteiger partial charge in [0, 0.05) is 20.0 Å². The molecular formula is C19H16BrNO2S2. The minimum absolute atomic E-state index is 0.230. The monoisotopic (exact) mass is 433 g/mol. The first-order valence-electron chi connectivity index (χ1n) is 7.55. The number of aryl methyl sites for hydroxylation is 1. The third kappa shape index (κ3) is 4.87. The Balaban J connectivity index is 1.71. The summed E-state index contributed by atoms with van der Waals surface area (Å²) in [6.07, 6.45) is 0. The maximum Gasteiger partial charge on any atom is 0.261 e. The van der Waals surface area contributed by atoms with E-state index in [1.165, 1.54) is 5.56 Å². The molecule has 0 aliphatic heterocycles. The predicted octanol–water partition coefficient (Wildman–Crippen LogP) is 5.71. The lowest BCUT2D eigenvalue weighted by Crippen LogP contribution is -2.12. The molecule has 6 heteroatoms. The lowest BCUT2D eigenvalue weighted by molar-refractivity contribution is 0.601. The summed E-state index contributed by atoms with van der Waals surface area (Å²) in [6.45, 7) is 2.06. The van der Waals surface area contributed by atoms with Gasteiger partial charge in [0.25, 0.3) is 10.0 Å². The highest BCUT2D eigenvalue weighted by molar-refractivity contribution is 9.10. The number of rotatable bonds is 5. The SMILES string of the molecule is Cc1ccc(Sc2ccc(NS(=O)(=O)c3ccc(Br)cc3)cc2)cc1. The summed E-state index contributed by atoms with van der Waals surface area (Å²) in [5.41, 5.74) is 1.76. The van der Waals surface area contributed by atoms with Gasteiger partial charge in [-0.25, -0.2) is 8.42 Å². The van der Waals surface area contributed by atoms with Crippen LogP contribution in [0.1, 0.15) is 5.56 Å². The van der Waals surface area contributed by atoms with E-state index in [-0.39, 0.29) is 4.90 Å². The molecule has 3 aromatic rings. The van der Waals surface area contributed by atoms with Gasteiger partial charge in [0.05, 0.1) is 4.90 Å². The van der Waals surface area contributed by atoms with Gasteiger partial charge in [-0.05, 0) is 67.6 Å². The smallest absolute Gasteiger partial charge is 0.261 e. The van der Waals surface area contributed by atoms with Crippen LogP contribution in [-0.4, -0.2) is 8.42 Å². The minimum atomic E-state index is -3.58. The molecule has 0 fully saturated rings. The zero-order valence-corrected chi connectivity index (χ0v) is 16.7. The molecule has 25 heavy (non-hydrogen) atoms. The molecule has 0 aliphatic rings. The normalized spacial score (nSPS) is 11.3. The number of nitrogens with one attached hydrogen (secondary N) is 1. The van der Waals surface area contributed by atoms with Gasteiger partial charge >= 0.3 is 0 Å². The van der Waals surface area contributed by atoms with Crippen molar-refractivity contribution in [2.45, 2.75) is 21.6 Å². The number of anilines is 1. The van der Waals surface area contributed by atoms with E-state index in [1.807, 2.05) is 12.1 Å². The van der Waals surface area contributed by atoms with Gasteiger partial charge in [-0.3, -0.25) is 4.72 Å². The molecule has 3 rings (SSSR count). The second-order valence-electron chi connectivity index (χ2n) is 5.50. The van der Waals surface area contributed by atoms with E-state index in [2.05, 4.69) is 51.8 Å². The van der Waals surface area contributed by atoms with E-state index in [0.717, 1.165) is 14.3 Å².